The SMILES string of the molecule is CN1CCCC1CCn1nc(C2CCNCC2)n(Cc2ccccc2)c1=O.Cl.Cl. The Balaban J connectivity index is 0.00000150. The Kier molecular flexibility index (Phi) is 9.21. The van der Waals surface area contributed by atoms with Crippen molar-refractivity contribution in [2.24, 2.45) is 0 Å². The van der Waals surface area contributed by atoms with Crippen LogP contribution in [0.3, 0.4) is 0 Å². The number of rotatable bonds is 6. The maximum atomic E-state index is 13.2. The van der Waals surface area contributed by atoms with Gasteiger partial charge in [0.25, 0.3) is 0 Å². The Morgan fingerprint density at radius 2 is 1.83 bits per heavy atom. The highest BCUT2D eigenvalue weighted by atomic mass is 35.5. The second kappa shape index (κ2) is 11.2. The molecule has 2 saturated heterocycles. The van der Waals surface area contributed by atoms with Gasteiger partial charge in [-0.05, 0) is 64.3 Å². The molecule has 1 atom stereocenters. The number of likely N-dealkylation sites (tertiary alicyclic amines) is 1. The van der Waals surface area contributed by atoms with Gasteiger partial charge in [0.1, 0.15) is 5.82 Å². The van der Waals surface area contributed by atoms with E-state index in [-0.39, 0.29) is 30.5 Å². The fourth-order valence-electron chi connectivity index (χ4n) is 4.52. The van der Waals surface area contributed by atoms with Gasteiger partial charge in [-0.25, -0.2) is 9.48 Å². The smallest absolute Gasteiger partial charge is 0.317 e. The standard InChI is InChI=1S/C21H31N5O.2ClH/c1-24-14-5-8-19(24)11-15-26-21(27)25(16-17-6-3-2-4-7-17)20(23-26)18-9-12-22-13-10-18;;/h2-4,6-7,18-19,22H,5,8-16H2,1H3;2*1H. The molecule has 0 radical (unpaired) electrons. The maximum Gasteiger partial charge on any atom is 0.346 e. The molecule has 29 heavy (non-hydrogen) atoms. The molecule has 0 bridgehead atoms. The molecule has 2 aromatic rings. The molecule has 2 aliphatic rings. The van der Waals surface area contributed by atoms with Gasteiger partial charge >= 0.3 is 5.69 Å². The summed E-state index contributed by atoms with van der Waals surface area (Å²) in [5.41, 5.74) is 1.21. The van der Waals surface area contributed by atoms with Crippen molar-refractivity contribution in [1.29, 1.82) is 0 Å². The normalized spacial score (nSPS) is 20.2. The van der Waals surface area contributed by atoms with Crippen molar-refractivity contribution in [1.82, 2.24) is 24.6 Å². The van der Waals surface area contributed by atoms with E-state index in [0.29, 0.717) is 25.0 Å². The number of nitrogens with one attached hydrogen (secondary N) is 1. The summed E-state index contributed by atoms with van der Waals surface area (Å²) < 4.78 is 3.65. The van der Waals surface area contributed by atoms with E-state index in [9.17, 15) is 4.79 Å². The maximum absolute atomic E-state index is 13.2. The van der Waals surface area contributed by atoms with Crippen LogP contribution in [0.15, 0.2) is 35.1 Å². The van der Waals surface area contributed by atoms with Gasteiger partial charge in [0, 0.05) is 18.5 Å². The fourth-order valence-corrected chi connectivity index (χ4v) is 4.52. The molecule has 2 fully saturated rings. The second-order valence-electron chi connectivity index (χ2n) is 8.03. The molecule has 6 nitrogen and oxygen atoms in total. The van der Waals surface area contributed by atoms with Gasteiger partial charge in [-0.2, -0.15) is 5.10 Å². The molecule has 1 aromatic heterocycles. The molecule has 0 spiro atoms. The van der Waals surface area contributed by atoms with Crippen LogP contribution in [-0.4, -0.2) is 52.0 Å². The fraction of sp³-hybridized carbons (Fsp3) is 0.619. The highest BCUT2D eigenvalue weighted by Crippen LogP contribution is 2.24. The molecule has 4 rings (SSSR count). The van der Waals surface area contributed by atoms with Crippen molar-refractivity contribution in [3.63, 3.8) is 0 Å². The topological polar surface area (TPSA) is 55.1 Å². The second-order valence-corrected chi connectivity index (χ2v) is 8.03. The number of halogens is 2. The molecule has 0 amide bonds. The van der Waals surface area contributed by atoms with Crippen LogP contribution >= 0.6 is 24.8 Å². The van der Waals surface area contributed by atoms with Crippen molar-refractivity contribution in [2.75, 3.05) is 26.7 Å². The first-order chi connectivity index (χ1) is 13.2. The Bertz CT molecular complexity index is 801. The van der Waals surface area contributed by atoms with Gasteiger partial charge in [0.15, 0.2) is 0 Å². The molecule has 1 aromatic carbocycles. The Morgan fingerprint density at radius 3 is 2.48 bits per heavy atom. The van der Waals surface area contributed by atoms with Crippen molar-refractivity contribution in [3.8, 4) is 0 Å². The van der Waals surface area contributed by atoms with E-state index in [1.54, 1.807) is 4.68 Å². The first-order valence-corrected chi connectivity index (χ1v) is 10.3. The van der Waals surface area contributed by atoms with Crippen molar-refractivity contribution < 1.29 is 0 Å². The van der Waals surface area contributed by atoms with Crippen LogP contribution in [0.5, 0.6) is 0 Å². The molecule has 1 unspecified atom stereocenters. The monoisotopic (exact) mass is 441 g/mol. The van der Waals surface area contributed by atoms with Gasteiger partial charge in [0.05, 0.1) is 6.54 Å². The first kappa shape index (κ1) is 23.9. The molecule has 0 saturated carbocycles. The zero-order valence-electron chi connectivity index (χ0n) is 17.1. The number of benzene rings is 1. The van der Waals surface area contributed by atoms with Crippen LogP contribution < -0.4 is 11.0 Å². The summed E-state index contributed by atoms with van der Waals surface area (Å²) in [6.07, 6.45) is 5.60. The quantitative estimate of drug-likeness (QED) is 0.748. The van der Waals surface area contributed by atoms with Gasteiger partial charge < -0.3 is 10.2 Å². The molecular weight excluding hydrogens is 409 g/mol. The zero-order valence-corrected chi connectivity index (χ0v) is 18.8. The minimum Gasteiger partial charge on any atom is -0.317 e. The molecule has 2 aliphatic heterocycles. The van der Waals surface area contributed by atoms with E-state index < -0.39 is 0 Å². The summed E-state index contributed by atoms with van der Waals surface area (Å²) in [6, 6.07) is 10.8. The minimum absolute atomic E-state index is 0. The van der Waals surface area contributed by atoms with E-state index >= 15 is 0 Å². The van der Waals surface area contributed by atoms with Crippen LogP contribution in [0.1, 0.15) is 49.4 Å². The van der Waals surface area contributed by atoms with Crippen LogP contribution in [-0.2, 0) is 13.1 Å². The summed E-state index contributed by atoms with van der Waals surface area (Å²) in [6.45, 7) is 4.51. The van der Waals surface area contributed by atoms with Gasteiger partial charge in [-0.15, -0.1) is 24.8 Å². The van der Waals surface area contributed by atoms with Gasteiger partial charge in [0.2, 0.25) is 0 Å². The van der Waals surface area contributed by atoms with Crippen molar-refractivity contribution in [2.45, 2.75) is 57.2 Å². The lowest BCUT2D eigenvalue weighted by molar-refractivity contribution is 0.281. The van der Waals surface area contributed by atoms with Crippen LogP contribution in [0.4, 0.5) is 0 Å². The minimum atomic E-state index is 0. The molecule has 0 aliphatic carbocycles. The molecule has 162 valence electrons. The van der Waals surface area contributed by atoms with Gasteiger partial charge in [-0.3, -0.25) is 4.57 Å². The van der Waals surface area contributed by atoms with E-state index in [1.807, 2.05) is 22.8 Å². The molecule has 3 heterocycles. The highest BCUT2D eigenvalue weighted by molar-refractivity contribution is 5.85. The Hall–Kier alpha value is -1.34. The zero-order chi connectivity index (χ0) is 18.6. The Morgan fingerprint density at radius 1 is 1.10 bits per heavy atom. The largest absolute Gasteiger partial charge is 0.346 e. The Labute approximate surface area is 185 Å². The molecular formula is C21H33Cl2N5O. The number of piperidine rings is 1. The lowest BCUT2D eigenvalue weighted by Crippen LogP contribution is -2.31. The number of aryl methyl sites for hydroxylation is 1. The molecule has 8 heteroatoms. The van der Waals surface area contributed by atoms with Crippen LogP contribution in [0.2, 0.25) is 0 Å². The average Bonchev–Trinajstić information content (AvgIpc) is 3.25. The number of aromatic nitrogens is 3. The van der Waals surface area contributed by atoms with Crippen molar-refractivity contribution in [3.05, 3.63) is 52.2 Å². The van der Waals surface area contributed by atoms with Crippen LogP contribution in [0.25, 0.3) is 0 Å². The van der Waals surface area contributed by atoms with Gasteiger partial charge in [-0.1, -0.05) is 30.3 Å². The predicted molar refractivity (Wildman–Crippen MR) is 122 cm³/mol. The summed E-state index contributed by atoms with van der Waals surface area (Å²) in [5, 5.41) is 8.25. The average molecular weight is 442 g/mol. The summed E-state index contributed by atoms with van der Waals surface area (Å²) in [7, 11) is 2.19. The number of nitrogens with zero attached hydrogens (tertiary/aromatic N) is 4. The lowest BCUT2D eigenvalue weighted by atomic mass is 9.97. The highest BCUT2D eigenvalue weighted by Gasteiger charge is 2.25. The third kappa shape index (κ3) is 5.63. The van der Waals surface area contributed by atoms with Crippen LogP contribution in [0, 0.1) is 0 Å². The predicted octanol–water partition coefficient (Wildman–Crippen LogP) is 2.89. The number of hydrogen-bond acceptors (Lipinski definition) is 4. The van der Waals surface area contributed by atoms with Crippen molar-refractivity contribution >= 4 is 24.8 Å². The lowest BCUT2D eigenvalue weighted by Gasteiger charge is -2.22. The third-order valence-electron chi connectivity index (χ3n) is 6.18. The first-order valence-electron chi connectivity index (χ1n) is 10.3. The summed E-state index contributed by atoms with van der Waals surface area (Å²) >= 11 is 0. The van der Waals surface area contributed by atoms with E-state index in [0.717, 1.165) is 43.7 Å². The summed E-state index contributed by atoms with van der Waals surface area (Å²) in [5.74, 6) is 1.35. The molecule has 1 N–H and O–H groups in total. The summed E-state index contributed by atoms with van der Waals surface area (Å²) in [4.78, 5) is 15.6. The number of hydrogen-bond donors (Lipinski definition) is 1. The van der Waals surface area contributed by atoms with E-state index in [1.165, 1.54) is 19.4 Å². The van der Waals surface area contributed by atoms with E-state index in [4.69, 9.17) is 5.10 Å². The van der Waals surface area contributed by atoms with E-state index in [2.05, 4.69) is 29.4 Å². The third-order valence-corrected chi connectivity index (χ3v) is 6.18.